The average Bonchev–Trinajstić information content (AvgIpc) is 2.72. The molecule has 1 aliphatic heterocycles. The molecule has 1 heterocycles. The van der Waals surface area contributed by atoms with E-state index in [0.29, 0.717) is 18.0 Å². The van der Waals surface area contributed by atoms with Crippen molar-refractivity contribution in [3.8, 4) is 11.5 Å². The summed E-state index contributed by atoms with van der Waals surface area (Å²) in [5.41, 5.74) is 0.906. The van der Waals surface area contributed by atoms with Crippen molar-refractivity contribution in [3.05, 3.63) is 60.2 Å². The number of carbonyl (C=O) groups is 1. The Morgan fingerprint density at radius 1 is 0.844 bits per heavy atom. The molecule has 174 valence electrons. The summed E-state index contributed by atoms with van der Waals surface area (Å²) >= 11 is 0. The van der Waals surface area contributed by atoms with Crippen LogP contribution in [-0.4, -0.2) is 60.5 Å². The van der Waals surface area contributed by atoms with Crippen molar-refractivity contribution in [3.63, 3.8) is 0 Å². The molecule has 0 unspecified atom stereocenters. The monoisotopic (exact) mass is 462 g/mol. The van der Waals surface area contributed by atoms with Crippen LogP contribution < -0.4 is 4.74 Å². The minimum Gasteiger partial charge on any atom is -0.457 e. The fraction of sp³-hybridized carbons (Fsp3) is 0.381. The third-order valence-corrected chi connectivity index (χ3v) is 4.73. The van der Waals surface area contributed by atoms with Crippen LogP contribution in [0, 0.1) is 0 Å². The summed E-state index contributed by atoms with van der Waals surface area (Å²) in [7, 11) is 0. The number of carbonyl (C=O) groups excluding carboxylic acids is 1. The summed E-state index contributed by atoms with van der Waals surface area (Å²) in [5.74, 6) is 1.30. The van der Waals surface area contributed by atoms with Gasteiger partial charge in [-0.25, -0.2) is 4.79 Å². The summed E-state index contributed by atoms with van der Waals surface area (Å²) in [6.45, 7) is 0.898. The fourth-order valence-electron chi connectivity index (χ4n) is 3.17. The average molecular weight is 462 g/mol. The molecule has 0 aromatic heterocycles. The van der Waals surface area contributed by atoms with E-state index in [1.54, 1.807) is 6.07 Å². The van der Waals surface area contributed by atoms with E-state index in [1.807, 2.05) is 53.4 Å². The van der Waals surface area contributed by atoms with Gasteiger partial charge in [-0.1, -0.05) is 30.3 Å². The van der Waals surface area contributed by atoms with E-state index in [1.165, 1.54) is 0 Å². The van der Waals surface area contributed by atoms with E-state index in [0.717, 1.165) is 10.5 Å². The summed E-state index contributed by atoms with van der Waals surface area (Å²) < 4.78 is 85.0. The van der Waals surface area contributed by atoms with Gasteiger partial charge >= 0.3 is 18.4 Å². The van der Waals surface area contributed by atoms with Gasteiger partial charge in [0.15, 0.2) is 0 Å². The lowest BCUT2D eigenvalue weighted by Crippen LogP contribution is -2.52. The highest BCUT2D eigenvalue weighted by Crippen LogP contribution is 2.36. The van der Waals surface area contributed by atoms with Gasteiger partial charge in [-0.2, -0.15) is 26.3 Å². The zero-order valence-electron chi connectivity index (χ0n) is 16.7. The molecule has 1 amide bonds. The maximum atomic E-state index is 12.6. The smallest absolute Gasteiger partial charge is 0.434 e. The third-order valence-electron chi connectivity index (χ3n) is 4.73. The second kappa shape index (κ2) is 9.68. The molecule has 1 fully saturated rings. The van der Waals surface area contributed by atoms with Crippen LogP contribution in [0.25, 0.3) is 0 Å². The van der Waals surface area contributed by atoms with Gasteiger partial charge in [0.1, 0.15) is 11.5 Å². The predicted molar refractivity (Wildman–Crippen MR) is 102 cm³/mol. The minimum absolute atomic E-state index is 0.0541. The van der Waals surface area contributed by atoms with Crippen LogP contribution in [0.3, 0.4) is 0 Å². The first-order valence-corrected chi connectivity index (χ1v) is 9.65. The van der Waals surface area contributed by atoms with Crippen LogP contribution in [0.15, 0.2) is 54.6 Å². The highest BCUT2D eigenvalue weighted by atomic mass is 19.4. The van der Waals surface area contributed by atoms with E-state index in [-0.39, 0.29) is 26.2 Å². The summed E-state index contributed by atoms with van der Waals surface area (Å²) in [4.78, 5) is 14.6. The SMILES string of the molecule is O=C(OC(C(F)(F)F)C(F)(F)F)N1CCN(Cc2cccc(Oc3ccccc3)c2)CC1. The quantitative estimate of drug-likeness (QED) is 0.571. The van der Waals surface area contributed by atoms with Gasteiger partial charge in [-0.05, 0) is 29.8 Å². The van der Waals surface area contributed by atoms with Gasteiger partial charge in [0, 0.05) is 32.7 Å². The summed E-state index contributed by atoms with van der Waals surface area (Å²) in [6.07, 6.45) is -17.2. The second-order valence-electron chi connectivity index (χ2n) is 7.17. The lowest BCUT2D eigenvalue weighted by atomic mass is 10.2. The van der Waals surface area contributed by atoms with Crippen LogP contribution >= 0.6 is 0 Å². The molecular weight excluding hydrogens is 442 g/mol. The lowest BCUT2D eigenvalue weighted by Gasteiger charge is -2.35. The molecule has 0 N–H and O–H groups in total. The highest BCUT2D eigenvalue weighted by Gasteiger charge is 2.60. The van der Waals surface area contributed by atoms with Crippen molar-refractivity contribution >= 4 is 6.09 Å². The van der Waals surface area contributed by atoms with E-state index in [9.17, 15) is 31.1 Å². The van der Waals surface area contributed by atoms with E-state index >= 15 is 0 Å². The molecule has 0 spiro atoms. The molecule has 1 saturated heterocycles. The summed E-state index contributed by atoms with van der Waals surface area (Å²) in [5, 5.41) is 0. The molecule has 0 atom stereocenters. The van der Waals surface area contributed by atoms with E-state index in [2.05, 4.69) is 4.74 Å². The standard InChI is InChI=1S/C21H20F6N2O3/c22-20(23,24)18(21(25,26)27)32-19(30)29-11-9-28(10-12-29)14-15-5-4-8-17(13-15)31-16-6-2-1-3-7-16/h1-8,13,18H,9-12,14H2. The zero-order chi connectivity index (χ0) is 23.4. The van der Waals surface area contributed by atoms with Crippen LogP contribution in [0.4, 0.5) is 31.1 Å². The molecule has 5 nitrogen and oxygen atoms in total. The van der Waals surface area contributed by atoms with Crippen molar-refractivity contribution in [2.45, 2.75) is 25.0 Å². The molecular formula is C21H20F6N2O3. The normalized spacial score (nSPS) is 15.7. The number of alkyl halides is 6. The molecule has 2 aromatic carbocycles. The van der Waals surface area contributed by atoms with Gasteiger partial charge in [-0.15, -0.1) is 0 Å². The molecule has 1 aliphatic rings. The van der Waals surface area contributed by atoms with Gasteiger partial charge in [-0.3, -0.25) is 4.90 Å². The third kappa shape index (κ3) is 6.52. The number of para-hydroxylation sites is 1. The molecule has 32 heavy (non-hydrogen) atoms. The Morgan fingerprint density at radius 3 is 2.03 bits per heavy atom. The molecule has 3 rings (SSSR count). The first-order valence-electron chi connectivity index (χ1n) is 9.65. The largest absolute Gasteiger partial charge is 0.457 e. The number of halogens is 6. The molecule has 0 bridgehead atoms. The van der Waals surface area contributed by atoms with E-state index < -0.39 is 24.5 Å². The molecule has 11 heteroatoms. The highest BCUT2D eigenvalue weighted by molar-refractivity contribution is 5.68. The second-order valence-corrected chi connectivity index (χ2v) is 7.17. The van der Waals surface area contributed by atoms with Crippen molar-refractivity contribution in [1.82, 2.24) is 9.80 Å². The minimum atomic E-state index is -5.73. The zero-order valence-corrected chi connectivity index (χ0v) is 16.7. The summed E-state index contributed by atoms with van der Waals surface area (Å²) in [6, 6.07) is 16.5. The Bertz CT molecular complexity index is 882. The number of hydrogen-bond acceptors (Lipinski definition) is 4. The van der Waals surface area contributed by atoms with Crippen molar-refractivity contribution in [1.29, 1.82) is 0 Å². The van der Waals surface area contributed by atoms with Crippen molar-refractivity contribution in [2.75, 3.05) is 26.2 Å². The number of nitrogens with zero attached hydrogens (tertiary/aromatic N) is 2. The first kappa shape index (κ1) is 23.7. The van der Waals surface area contributed by atoms with Crippen LogP contribution in [0.1, 0.15) is 5.56 Å². The first-order chi connectivity index (χ1) is 15.0. The number of piperazine rings is 1. The van der Waals surface area contributed by atoms with Gasteiger partial charge in [0.25, 0.3) is 6.10 Å². The Balaban J connectivity index is 1.53. The van der Waals surface area contributed by atoms with Crippen molar-refractivity contribution in [2.24, 2.45) is 0 Å². The van der Waals surface area contributed by atoms with Crippen LogP contribution in [0.2, 0.25) is 0 Å². The Morgan fingerprint density at radius 2 is 1.44 bits per heavy atom. The topological polar surface area (TPSA) is 42.0 Å². The Labute approximate surface area is 180 Å². The van der Waals surface area contributed by atoms with Gasteiger partial charge < -0.3 is 14.4 Å². The molecule has 0 radical (unpaired) electrons. The lowest BCUT2D eigenvalue weighted by molar-refractivity contribution is -0.308. The van der Waals surface area contributed by atoms with Gasteiger partial charge in [0.2, 0.25) is 0 Å². The number of amides is 1. The van der Waals surface area contributed by atoms with Crippen LogP contribution in [0.5, 0.6) is 11.5 Å². The number of benzene rings is 2. The van der Waals surface area contributed by atoms with Gasteiger partial charge in [0.05, 0.1) is 0 Å². The van der Waals surface area contributed by atoms with Crippen molar-refractivity contribution < 1.29 is 40.6 Å². The number of hydrogen-bond donors (Lipinski definition) is 0. The maximum absolute atomic E-state index is 12.6. The fourth-order valence-corrected chi connectivity index (χ4v) is 3.17. The predicted octanol–water partition coefficient (Wildman–Crippen LogP) is 5.23. The Hall–Kier alpha value is -2.95. The van der Waals surface area contributed by atoms with Crippen LogP contribution in [-0.2, 0) is 11.3 Å². The number of rotatable bonds is 5. The molecule has 0 saturated carbocycles. The molecule has 0 aliphatic carbocycles. The maximum Gasteiger partial charge on any atom is 0.434 e. The molecule has 2 aromatic rings. The number of ether oxygens (including phenoxy) is 2. The Kier molecular flexibility index (Phi) is 7.17. The van der Waals surface area contributed by atoms with E-state index in [4.69, 9.17) is 4.74 Å².